The summed E-state index contributed by atoms with van der Waals surface area (Å²) in [6, 6.07) is 3.43. The number of aromatic nitrogens is 3. The van der Waals surface area contributed by atoms with Crippen molar-refractivity contribution in [2.45, 2.75) is 13.5 Å². The van der Waals surface area contributed by atoms with Crippen LogP contribution < -0.4 is 5.32 Å². The van der Waals surface area contributed by atoms with Crippen molar-refractivity contribution >= 4 is 27.5 Å². The quantitative estimate of drug-likeness (QED) is 0.945. The Hall–Kier alpha value is -1.69. The highest BCUT2D eigenvalue weighted by molar-refractivity contribution is 9.10. The zero-order valence-corrected chi connectivity index (χ0v) is 10.8. The van der Waals surface area contributed by atoms with Gasteiger partial charge < -0.3 is 5.32 Å². The van der Waals surface area contributed by atoms with E-state index in [0.717, 1.165) is 11.0 Å². The first-order valence-corrected chi connectivity index (χ1v) is 5.93. The highest BCUT2D eigenvalue weighted by Crippen LogP contribution is 2.10. The predicted molar refractivity (Wildman–Crippen MR) is 67.8 cm³/mol. The van der Waals surface area contributed by atoms with Gasteiger partial charge in [0.05, 0.1) is 11.9 Å². The fourth-order valence-electron chi connectivity index (χ4n) is 1.31. The lowest BCUT2D eigenvalue weighted by Crippen LogP contribution is -2.12. The topological polar surface area (TPSA) is 59.8 Å². The number of amides is 1. The van der Waals surface area contributed by atoms with E-state index in [1.165, 1.54) is 0 Å². The van der Waals surface area contributed by atoms with Crippen molar-refractivity contribution < 1.29 is 4.79 Å². The molecule has 2 aromatic rings. The number of hydrogen-bond acceptors (Lipinski definition) is 3. The molecule has 0 fully saturated rings. The van der Waals surface area contributed by atoms with Crippen molar-refractivity contribution in [3.63, 3.8) is 0 Å². The Bertz CT molecular complexity index is 521. The van der Waals surface area contributed by atoms with E-state index in [-0.39, 0.29) is 5.91 Å². The van der Waals surface area contributed by atoms with Gasteiger partial charge >= 0.3 is 0 Å². The Morgan fingerprint density at radius 1 is 1.47 bits per heavy atom. The molecule has 0 saturated carbocycles. The van der Waals surface area contributed by atoms with Gasteiger partial charge in [-0.05, 0) is 35.0 Å². The molecule has 1 amide bonds. The molecule has 6 heteroatoms. The number of carbonyl (C=O) groups is 1. The lowest BCUT2D eigenvalue weighted by Gasteiger charge is -2.01. The van der Waals surface area contributed by atoms with E-state index < -0.39 is 0 Å². The molecule has 2 aromatic heterocycles. The molecular weight excluding hydrogens is 284 g/mol. The van der Waals surface area contributed by atoms with E-state index in [1.807, 2.05) is 6.92 Å². The third-order valence-electron chi connectivity index (χ3n) is 2.18. The maximum absolute atomic E-state index is 11.8. The molecule has 5 nitrogen and oxygen atoms in total. The maximum atomic E-state index is 11.8. The fourth-order valence-corrected chi connectivity index (χ4v) is 1.54. The summed E-state index contributed by atoms with van der Waals surface area (Å²) in [7, 11) is 0. The number of aryl methyl sites for hydroxylation is 1. The van der Waals surface area contributed by atoms with Crippen LogP contribution in [0.2, 0.25) is 0 Å². The monoisotopic (exact) mass is 294 g/mol. The number of rotatable bonds is 3. The van der Waals surface area contributed by atoms with Gasteiger partial charge in [-0.25, -0.2) is 4.98 Å². The van der Waals surface area contributed by atoms with Gasteiger partial charge in [0.1, 0.15) is 5.69 Å². The minimum absolute atomic E-state index is 0.242. The molecule has 2 rings (SSSR count). The van der Waals surface area contributed by atoms with Crippen LogP contribution in [0.3, 0.4) is 0 Å². The van der Waals surface area contributed by atoms with E-state index >= 15 is 0 Å². The first-order chi connectivity index (χ1) is 8.19. The molecule has 2 heterocycles. The van der Waals surface area contributed by atoms with E-state index in [2.05, 4.69) is 31.3 Å². The molecule has 1 N–H and O–H groups in total. The molecule has 0 aliphatic rings. The van der Waals surface area contributed by atoms with Crippen LogP contribution >= 0.6 is 15.9 Å². The molecule has 88 valence electrons. The molecular formula is C11H11BrN4O. The lowest BCUT2D eigenvalue weighted by molar-refractivity contribution is 0.102. The average molecular weight is 295 g/mol. The number of hydrogen-bond donors (Lipinski definition) is 1. The second-order valence-corrected chi connectivity index (χ2v) is 4.32. The minimum atomic E-state index is -0.242. The van der Waals surface area contributed by atoms with Crippen molar-refractivity contribution in [2.24, 2.45) is 0 Å². The summed E-state index contributed by atoms with van der Waals surface area (Å²) in [5.41, 5.74) is 1.04. The van der Waals surface area contributed by atoms with Crippen molar-refractivity contribution in [3.8, 4) is 0 Å². The van der Waals surface area contributed by atoms with Crippen molar-refractivity contribution in [1.29, 1.82) is 0 Å². The Labute approximate surface area is 107 Å². The van der Waals surface area contributed by atoms with Crippen LogP contribution in [0, 0.1) is 0 Å². The van der Waals surface area contributed by atoms with Gasteiger partial charge in [0.15, 0.2) is 0 Å². The fraction of sp³-hybridized carbons (Fsp3) is 0.182. The minimum Gasteiger partial charge on any atom is -0.318 e. The SMILES string of the molecule is CCn1cc(NC(=O)c2ccc(Br)cn2)cn1. The molecule has 0 aliphatic heterocycles. The van der Waals surface area contributed by atoms with Gasteiger partial charge in [-0.15, -0.1) is 0 Å². The molecule has 0 spiro atoms. The van der Waals surface area contributed by atoms with Crippen molar-refractivity contribution in [3.05, 3.63) is 40.9 Å². The van der Waals surface area contributed by atoms with Crippen LogP contribution in [0.25, 0.3) is 0 Å². The number of anilines is 1. The summed E-state index contributed by atoms with van der Waals surface area (Å²) in [5.74, 6) is -0.242. The van der Waals surface area contributed by atoms with Crippen LogP contribution in [0.15, 0.2) is 35.2 Å². The molecule has 0 radical (unpaired) electrons. The molecule has 0 unspecified atom stereocenters. The van der Waals surface area contributed by atoms with Crippen LogP contribution in [0.1, 0.15) is 17.4 Å². The van der Waals surface area contributed by atoms with Crippen LogP contribution in [-0.2, 0) is 6.54 Å². The Morgan fingerprint density at radius 2 is 2.29 bits per heavy atom. The summed E-state index contributed by atoms with van der Waals surface area (Å²) in [6.07, 6.45) is 4.97. The van der Waals surface area contributed by atoms with Gasteiger partial charge in [0.25, 0.3) is 5.91 Å². The number of carbonyl (C=O) groups excluding carboxylic acids is 1. The largest absolute Gasteiger partial charge is 0.318 e. The second-order valence-electron chi connectivity index (χ2n) is 3.40. The highest BCUT2D eigenvalue weighted by Gasteiger charge is 2.08. The molecule has 0 aromatic carbocycles. The Kier molecular flexibility index (Phi) is 3.53. The summed E-state index contributed by atoms with van der Waals surface area (Å²) >= 11 is 3.27. The van der Waals surface area contributed by atoms with E-state index in [9.17, 15) is 4.79 Å². The molecule has 0 saturated heterocycles. The first-order valence-electron chi connectivity index (χ1n) is 5.14. The van der Waals surface area contributed by atoms with E-state index in [1.54, 1.807) is 35.4 Å². The van der Waals surface area contributed by atoms with Crippen LogP contribution in [-0.4, -0.2) is 20.7 Å². The third kappa shape index (κ3) is 2.91. The third-order valence-corrected chi connectivity index (χ3v) is 2.64. The Balaban J connectivity index is 2.08. The normalized spacial score (nSPS) is 10.2. The van der Waals surface area contributed by atoms with Crippen LogP contribution in [0.4, 0.5) is 5.69 Å². The molecule has 0 bridgehead atoms. The lowest BCUT2D eigenvalue weighted by atomic mass is 10.3. The molecule has 17 heavy (non-hydrogen) atoms. The average Bonchev–Trinajstić information content (AvgIpc) is 2.77. The standard InChI is InChI=1S/C11H11BrN4O/c1-2-16-7-9(6-14-16)15-11(17)10-4-3-8(12)5-13-10/h3-7H,2H2,1H3,(H,15,17). The summed E-state index contributed by atoms with van der Waals surface area (Å²) in [6.45, 7) is 2.75. The Morgan fingerprint density at radius 3 is 2.88 bits per heavy atom. The maximum Gasteiger partial charge on any atom is 0.274 e. The van der Waals surface area contributed by atoms with E-state index in [0.29, 0.717) is 11.4 Å². The summed E-state index contributed by atoms with van der Waals surface area (Å²) in [5, 5.41) is 6.80. The number of nitrogens with one attached hydrogen (secondary N) is 1. The summed E-state index contributed by atoms with van der Waals surface area (Å²) in [4.78, 5) is 15.8. The molecule has 0 atom stereocenters. The second kappa shape index (κ2) is 5.09. The molecule has 0 aliphatic carbocycles. The number of pyridine rings is 1. The number of halogens is 1. The van der Waals surface area contributed by atoms with Gasteiger partial charge in [-0.2, -0.15) is 5.10 Å². The van der Waals surface area contributed by atoms with Gasteiger partial charge in [0, 0.05) is 23.4 Å². The van der Waals surface area contributed by atoms with Gasteiger partial charge in [-0.1, -0.05) is 0 Å². The predicted octanol–water partition coefficient (Wildman–Crippen LogP) is 2.31. The number of nitrogens with zero attached hydrogens (tertiary/aromatic N) is 3. The van der Waals surface area contributed by atoms with Gasteiger partial charge in [-0.3, -0.25) is 9.48 Å². The zero-order valence-electron chi connectivity index (χ0n) is 9.22. The van der Waals surface area contributed by atoms with Crippen LogP contribution in [0.5, 0.6) is 0 Å². The summed E-state index contributed by atoms with van der Waals surface area (Å²) < 4.78 is 2.58. The highest BCUT2D eigenvalue weighted by atomic mass is 79.9. The zero-order chi connectivity index (χ0) is 12.3. The smallest absolute Gasteiger partial charge is 0.274 e. The van der Waals surface area contributed by atoms with Gasteiger partial charge in [0.2, 0.25) is 0 Å². The first kappa shape index (κ1) is 11.8. The van der Waals surface area contributed by atoms with Crippen molar-refractivity contribution in [2.75, 3.05) is 5.32 Å². The van der Waals surface area contributed by atoms with E-state index in [4.69, 9.17) is 0 Å². The van der Waals surface area contributed by atoms with Crippen molar-refractivity contribution in [1.82, 2.24) is 14.8 Å².